The highest BCUT2D eigenvalue weighted by molar-refractivity contribution is 6.10. The monoisotopic (exact) mass is 493 g/mol. The highest BCUT2D eigenvalue weighted by Gasteiger charge is 2.33. The van der Waals surface area contributed by atoms with Crippen LogP contribution in [-0.2, 0) is 20.8 Å². The summed E-state index contributed by atoms with van der Waals surface area (Å²) in [7, 11) is 0. The summed E-state index contributed by atoms with van der Waals surface area (Å²) in [6.07, 6.45) is 4.35. The molecule has 5 heterocycles. The van der Waals surface area contributed by atoms with Crippen molar-refractivity contribution in [3.63, 3.8) is 0 Å². The molecule has 0 spiro atoms. The first-order valence-corrected chi connectivity index (χ1v) is 11.9. The Balaban J connectivity index is 1.29. The van der Waals surface area contributed by atoms with Crippen molar-refractivity contribution in [1.82, 2.24) is 19.5 Å². The summed E-state index contributed by atoms with van der Waals surface area (Å²) in [4.78, 5) is 34.7. The van der Waals surface area contributed by atoms with Gasteiger partial charge in [0.25, 0.3) is 11.8 Å². The Labute approximate surface area is 206 Å². The second-order valence-electron chi connectivity index (χ2n) is 9.07. The molecule has 1 aromatic carbocycles. The van der Waals surface area contributed by atoms with Gasteiger partial charge in [-0.1, -0.05) is 0 Å². The Morgan fingerprint density at radius 1 is 1.19 bits per heavy atom. The summed E-state index contributed by atoms with van der Waals surface area (Å²) < 4.78 is 18.3. The second-order valence-corrected chi connectivity index (χ2v) is 9.07. The van der Waals surface area contributed by atoms with Crippen molar-refractivity contribution >= 4 is 28.8 Å². The molecule has 6 rings (SSSR count). The van der Waals surface area contributed by atoms with Gasteiger partial charge in [-0.15, -0.1) is 0 Å². The van der Waals surface area contributed by atoms with Crippen molar-refractivity contribution in [2.24, 2.45) is 5.73 Å². The topological polar surface area (TPSA) is 137 Å². The summed E-state index contributed by atoms with van der Waals surface area (Å²) >= 11 is 0. The van der Waals surface area contributed by atoms with E-state index < -0.39 is 6.29 Å². The summed E-state index contributed by atoms with van der Waals surface area (Å²) in [5.41, 5.74) is 9.51. The molecule has 3 aromatic rings. The van der Waals surface area contributed by atoms with E-state index in [1.807, 2.05) is 12.1 Å². The highest BCUT2D eigenvalue weighted by atomic mass is 16.7. The van der Waals surface area contributed by atoms with Crippen LogP contribution in [0.5, 0.6) is 0 Å². The number of carbonyl (C=O) groups excluding carboxylic acids is 2. The van der Waals surface area contributed by atoms with Crippen LogP contribution in [-0.4, -0.2) is 89.7 Å². The molecule has 3 aliphatic rings. The summed E-state index contributed by atoms with van der Waals surface area (Å²) in [5, 5.41) is 7.26. The number of hydrogen-bond donors (Lipinski definition) is 2. The van der Waals surface area contributed by atoms with Gasteiger partial charge >= 0.3 is 0 Å². The maximum Gasteiger partial charge on any atom is 0.261 e. The predicted octanol–water partition coefficient (Wildman–Crippen LogP) is 0.474. The molecule has 0 atom stereocenters. The molecule has 12 nitrogen and oxygen atoms in total. The van der Waals surface area contributed by atoms with E-state index in [1.165, 1.54) is 6.20 Å². The third-order valence-corrected chi connectivity index (χ3v) is 6.59. The SMILES string of the molecule is NC1COC(CN2Cc3cc(NC(=O)c4cnn5cccnc45)c(N4CCOCC4)cc3C2=O)OC1. The minimum absolute atomic E-state index is 0.0914. The third-order valence-electron chi connectivity index (χ3n) is 6.59. The smallest absolute Gasteiger partial charge is 0.261 e. The molecule has 0 unspecified atom stereocenters. The van der Waals surface area contributed by atoms with Gasteiger partial charge in [0.05, 0.1) is 56.6 Å². The zero-order valence-corrected chi connectivity index (χ0v) is 19.6. The minimum atomic E-state index is -0.510. The number of morpholine rings is 1. The van der Waals surface area contributed by atoms with Gasteiger partial charge in [0.2, 0.25) is 0 Å². The van der Waals surface area contributed by atoms with E-state index in [-0.39, 0.29) is 17.9 Å². The molecule has 0 aliphatic carbocycles. The first kappa shape index (κ1) is 22.9. The minimum Gasteiger partial charge on any atom is -0.378 e. The largest absolute Gasteiger partial charge is 0.378 e. The second kappa shape index (κ2) is 9.47. The lowest BCUT2D eigenvalue weighted by Gasteiger charge is -2.31. The summed E-state index contributed by atoms with van der Waals surface area (Å²) in [6, 6.07) is 5.34. The zero-order chi connectivity index (χ0) is 24.6. The zero-order valence-electron chi connectivity index (χ0n) is 19.6. The predicted molar refractivity (Wildman–Crippen MR) is 129 cm³/mol. The van der Waals surface area contributed by atoms with E-state index in [1.54, 1.807) is 27.9 Å². The fraction of sp³-hybridized carbons (Fsp3) is 0.417. The first-order valence-electron chi connectivity index (χ1n) is 11.9. The van der Waals surface area contributed by atoms with Crippen LogP contribution >= 0.6 is 0 Å². The van der Waals surface area contributed by atoms with Crippen molar-refractivity contribution in [2.75, 3.05) is 56.3 Å². The molecule has 2 fully saturated rings. The quantitative estimate of drug-likeness (QED) is 0.520. The molecule has 0 bridgehead atoms. The molecule has 2 saturated heterocycles. The van der Waals surface area contributed by atoms with E-state index in [4.69, 9.17) is 19.9 Å². The molecular weight excluding hydrogens is 466 g/mol. The Bertz CT molecular complexity index is 1300. The molecule has 188 valence electrons. The Morgan fingerprint density at radius 3 is 2.81 bits per heavy atom. The molecule has 3 N–H and O–H groups in total. The normalized spacial score (nSPS) is 22.2. The van der Waals surface area contributed by atoms with Crippen LogP contribution in [0.3, 0.4) is 0 Å². The van der Waals surface area contributed by atoms with Crippen LogP contribution in [0, 0.1) is 0 Å². The van der Waals surface area contributed by atoms with E-state index in [0.29, 0.717) is 75.1 Å². The number of aromatic nitrogens is 3. The molecule has 2 amide bonds. The summed E-state index contributed by atoms with van der Waals surface area (Å²) in [5.74, 6) is -0.411. The number of carbonyl (C=O) groups is 2. The molecule has 36 heavy (non-hydrogen) atoms. The van der Waals surface area contributed by atoms with E-state index in [2.05, 4.69) is 20.3 Å². The van der Waals surface area contributed by atoms with Crippen LogP contribution in [0.25, 0.3) is 5.65 Å². The number of rotatable bonds is 5. The third kappa shape index (κ3) is 4.28. The lowest BCUT2D eigenvalue weighted by molar-refractivity contribution is -0.190. The average molecular weight is 494 g/mol. The Kier molecular flexibility index (Phi) is 6.01. The van der Waals surface area contributed by atoms with Crippen LogP contribution in [0.2, 0.25) is 0 Å². The van der Waals surface area contributed by atoms with Crippen LogP contribution < -0.4 is 16.0 Å². The standard InChI is InChI=1S/C24H27N7O5/c25-16-13-35-21(36-14-16)12-30-11-15-8-19(20(9-17(15)24(30)33)29-4-6-34-7-5-29)28-23(32)18-10-27-31-3-1-2-26-22(18)31/h1-3,8-10,16,21H,4-7,11-14,25H2,(H,28,32). The maximum absolute atomic E-state index is 13.3. The van der Waals surface area contributed by atoms with Gasteiger partial charge in [-0.2, -0.15) is 5.10 Å². The van der Waals surface area contributed by atoms with Gasteiger partial charge < -0.3 is 35.1 Å². The number of fused-ring (bicyclic) bond motifs is 2. The molecular formula is C24H27N7O5. The van der Waals surface area contributed by atoms with Gasteiger partial charge in [-0.25, -0.2) is 9.50 Å². The van der Waals surface area contributed by atoms with E-state index >= 15 is 0 Å². The van der Waals surface area contributed by atoms with Crippen molar-refractivity contribution in [3.05, 3.63) is 53.5 Å². The van der Waals surface area contributed by atoms with Crippen LogP contribution in [0.4, 0.5) is 11.4 Å². The fourth-order valence-electron chi connectivity index (χ4n) is 4.74. The Morgan fingerprint density at radius 2 is 2.00 bits per heavy atom. The maximum atomic E-state index is 13.3. The average Bonchev–Trinajstić information content (AvgIpc) is 3.46. The number of hydrogen-bond acceptors (Lipinski definition) is 9. The lowest BCUT2D eigenvalue weighted by Crippen LogP contribution is -2.45. The number of nitrogens with two attached hydrogens (primary N) is 1. The molecule has 3 aliphatic heterocycles. The van der Waals surface area contributed by atoms with Gasteiger partial charge in [0.1, 0.15) is 5.56 Å². The lowest BCUT2D eigenvalue weighted by atomic mass is 10.1. The summed E-state index contributed by atoms with van der Waals surface area (Å²) in [6.45, 7) is 3.95. The first-order chi connectivity index (χ1) is 17.6. The number of nitrogens with one attached hydrogen (secondary N) is 1. The molecule has 2 aromatic heterocycles. The van der Waals surface area contributed by atoms with Crippen molar-refractivity contribution in [3.8, 4) is 0 Å². The number of nitrogens with zero attached hydrogens (tertiary/aromatic N) is 5. The van der Waals surface area contributed by atoms with Gasteiger partial charge in [-0.3, -0.25) is 9.59 Å². The van der Waals surface area contributed by atoms with Gasteiger partial charge in [-0.05, 0) is 23.8 Å². The van der Waals surface area contributed by atoms with Crippen molar-refractivity contribution in [1.29, 1.82) is 0 Å². The number of benzene rings is 1. The van der Waals surface area contributed by atoms with Crippen LogP contribution in [0.1, 0.15) is 26.3 Å². The van der Waals surface area contributed by atoms with Gasteiger partial charge in [0, 0.05) is 37.6 Å². The highest BCUT2D eigenvalue weighted by Crippen LogP contribution is 2.35. The number of ether oxygens (including phenoxy) is 3. The van der Waals surface area contributed by atoms with Crippen molar-refractivity contribution in [2.45, 2.75) is 18.9 Å². The van der Waals surface area contributed by atoms with E-state index in [0.717, 1.165) is 11.3 Å². The molecule has 12 heteroatoms. The number of amides is 2. The van der Waals surface area contributed by atoms with E-state index in [9.17, 15) is 9.59 Å². The Hall–Kier alpha value is -3.58. The van der Waals surface area contributed by atoms with Crippen LogP contribution in [0.15, 0.2) is 36.8 Å². The number of anilines is 2. The molecule has 0 radical (unpaired) electrons. The molecule has 0 saturated carbocycles. The fourth-order valence-corrected chi connectivity index (χ4v) is 4.74. The van der Waals surface area contributed by atoms with Gasteiger partial charge in [0.15, 0.2) is 11.9 Å². The van der Waals surface area contributed by atoms with Crippen molar-refractivity contribution < 1.29 is 23.8 Å².